The van der Waals surface area contributed by atoms with E-state index < -0.39 is 0 Å². The lowest BCUT2D eigenvalue weighted by atomic mass is 9.97. The molecule has 0 atom stereocenters. The minimum absolute atomic E-state index is 0.274. The Hall–Kier alpha value is -1.57. The van der Waals surface area contributed by atoms with E-state index in [0.717, 1.165) is 18.4 Å². The first-order valence-corrected chi connectivity index (χ1v) is 5.84. The van der Waals surface area contributed by atoms with Gasteiger partial charge in [0.15, 0.2) is 0 Å². The van der Waals surface area contributed by atoms with E-state index in [4.69, 9.17) is 0 Å². The van der Waals surface area contributed by atoms with Crippen LogP contribution in [0, 0.1) is 13.8 Å². The first-order valence-electron chi connectivity index (χ1n) is 5.84. The lowest BCUT2D eigenvalue weighted by Gasteiger charge is -2.09. The maximum absolute atomic E-state index is 11.1. The molecule has 0 radical (unpaired) electrons. The Morgan fingerprint density at radius 2 is 1.88 bits per heavy atom. The number of allylic oxidation sites excluding steroid dienone is 1. The lowest BCUT2D eigenvalue weighted by Crippen LogP contribution is -1.98. The molecule has 0 aromatic heterocycles. The second kappa shape index (κ2) is 6.24. The normalized spacial score (nSPS) is 11.4. The highest BCUT2D eigenvalue weighted by Gasteiger charge is 2.03. The number of aryl methyl sites for hydroxylation is 2. The zero-order valence-corrected chi connectivity index (χ0v) is 11.0. The van der Waals surface area contributed by atoms with Crippen LogP contribution in [-0.2, 0) is 16.0 Å². The molecule has 1 aromatic carbocycles. The summed E-state index contributed by atoms with van der Waals surface area (Å²) >= 11 is 0. The van der Waals surface area contributed by atoms with Gasteiger partial charge < -0.3 is 4.74 Å². The summed E-state index contributed by atoms with van der Waals surface area (Å²) in [7, 11) is 1.40. The zero-order chi connectivity index (χ0) is 12.8. The van der Waals surface area contributed by atoms with Crippen LogP contribution in [0.2, 0.25) is 0 Å². The van der Waals surface area contributed by atoms with Gasteiger partial charge in [0.1, 0.15) is 0 Å². The molecule has 1 rings (SSSR count). The Bertz CT molecular complexity index is 410. The Morgan fingerprint density at radius 1 is 1.29 bits per heavy atom. The van der Waals surface area contributed by atoms with Crippen LogP contribution in [0.5, 0.6) is 0 Å². The van der Waals surface area contributed by atoms with Crippen molar-refractivity contribution < 1.29 is 9.53 Å². The maximum atomic E-state index is 11.1. The molecule has 0 fully saturated rings. The third kappa shape index (κ3) is 4.06. The van der Waals surface area contributed by atoms with E-state index in [1.54, 1.807) is 6.08 Å². The molecule has 0 aliphatic carbocycles. The van der Waals surface area contributed by atoms with Gasteiger partial charge in [-0.25, -0.2) is 4.79 Å². The highest BCUT2D eigenvalue weighted by molar-refractivity contribution is 5.82. The predicted molar refractivity (Wildman–Crippen MR) is 70.0 cm³/mol. The average Bonchev–Trinajstić information content (AvgIpc) is 2.28. The summed E-state index contributed by atoms with van der Waals surface area (Å²) in [6.07, 6.45) is 3.42. The Labute approximate surface area is 103 Å². The first-order chi connectivity index (χ1) is 8.04. The van der Waals surface area contributed by atoms with Crippen LogP contribution in [0.3, 0.4) is 0 Å². The topological polar surface area (TPSA) is 26.3 Å². The summed E-state index contributed by atoms with van der Waals surface area (Å²) in [5.74, 6) is -0.274. The van der Waals surface area contributed by atoms with Crippen LogP contribution in [0.4, 0.5) is 0 Å². The molecule has 0 aliphatic heterocycles. The Morgan fingerprint density at radius 3 is 2.41 bits per heavy atom. The number of carbonyl (C=O) groups is 1. The molecule has 2 nitrogen and oxygen atoms in total. The highest BCUT2D eigenvalue weighted by Crippen LogP contribution is 2.17. The monoisotopic (exact) mass is 232 g/mol. The van der Waals surface area contributed by atoms with Crippen LogP contribution < -0.4 is 0 Å². The van der Waals surface area contributed by atoms with Gasteiger partial charge in [-0.05, 0) is 50.3 Å². The van der Waals surface area contributed by atoms with Crippen molar-refractivity contribution in [2.45, 2.75) is 33.6 Å². The number of hydrogen-bond donors (Lipinski definition) is 0. The molecule has 0 saturated heterocycles. The number of ether oxygens (including phenoxy) is 1. The second-order valence-corrected chi connectivity index (χ2v) is 4.38. The molecule has 0 spiro atoms. The molecule has 0 N–H and O–H groups in total. The molecular weight excluding hydrogens is 212 g/mol. The Kier molecular flexibility index (Phi) is 4.95. The van der Waals surface area contributed by atoms with Crippen molar-refractivity contribution in [2.75, 3.05) is 7.11 Å². The van der Waals surface area contributed by atoms with Gasteiger partial charge in [0.25, 0.3) is 0 Å². The van der Waals surface area contributed by atoms with Gasteiger partial charge in [-0.15, -0.1) is 0 Å². The van der Waals surface area contributed by atoms with E-state index in [1.807, 2.05) is 6.92 Å². The summed E-state index contributed by atoms with van der Waals surface area (Å²) in [5.41, 5.74) is 5.07. The molecule has 1 aromatic rings. The fourth-order valence-electron chi connectivity index (χ4n) is 1.90. The van der Waals surface area contributed by atoms with E-state index in [2.05, 4.69) is 36.8 Å². The van der Waals surface area contributed by atoms with Crippen molar-refractivity contribution in [1.29, 1.82) is 0 Å². The molecule has 0 heterocycles. The third-order valence-electron chi connectivity index (χ3n) is 2.98. The van der Waals surface area contributed by atoms with Gasteiger partial charge in [-0.2, -0.15) is 0 Å². The number of rotatable bonds is 4. The summed E-state index contributed by atoms with van der Waals surface area (Å²) in [6, 6.07) is 6.33. The van der Waals surface area contributed by atoms with Crippen LogP contribution >= 0.6 is 0 Å². The fourth-order valence-corrected chi connectivity index (χ4v) is 1.90. The standard InChI is InChI=1S/C15H20O2/c1-11(10-15(16)17-4)8-9-14-12(2)6-5-7-13(14)3/h5-7,10H,8-9H2,1-4H3/b11-10-. The van der Waals surface area contributed by atoms with Gasteiger partial charge in [0.2, 0.25) is 0 Å². The van der Waals surface area contributed by atoms with E-state index in [1.165, 1.54) is 23.8 Å². The molecular formula is C15H20O2. The summed E-state index contributed by atoms with van der Waals surface area (Å²) in [6.45, 7) is 6.22. The number of methoxy groups -OCH3 is 1. The van der Waals surface area contributed by atoms with Gasteiger partial charge in [0.05, 0.1) is 7.11 Å². The first kappa shape index (κ1) is 13.5. The quantitative estimate of drug-likeness (QED) is 0.588. The molecule has 92 valence electrons. The van der Waals surface area contributed by atoms with Gasteiger partial charge in [-0.1, -0.05) is 23.8 Å². The molecule has 0 saturated carbocycles. The van der Waals surface area contributed by atoms with Crippen molar-refractivity contribution >= 4 is 5.97 Å². The SMILES string of the molecule is COC(=O)/C=C(/C)CCc1c(C)cccc1C. The van der Waals surface area contributed by atoms with Crippen LogP contribution in [0.25, 0.3) is 0 Å². The fraction of sp³-hybridized carbons (Fsp3) is 0.400. The third-order valence-corrected chi connectivity index (χ3v) is 2.98. The molecule has 17 heavy (non-hydrogen) atoms. The van der Waals surface area contributed by atoms with Crippen LogP contribution in [0.15, 0.2) is 29.8 Å². The number of carbonyl (C=O) groups excluding carboxylic acids is 1. The van der Waals surface area contributed by atoms with Crippen LogP contribution in [-0.4, -0.2) is 13.1 Å². The summed E-state index contributed by atoms with van der Waals surface area (Å²) < 4.78 is 4.61. The summed E-state index contributed by atoms with van der Waals surface area (Å²) in [4.78, 5) is 11.1. The number of esters is 1. The zero-order valence-electron chi connectivity index (χ0n) is 11.0. The molecule has 0 bridgehead atoms. The van der Waals surface area contributed by atoms with Gasteiger partial charge in [0, 0.05) is 6.08 Å². The highest BCUT2D eigenvalue weighted by atomic mass is 16.5. The minimum atomic E-state index is -0.274. The minimum Gasteiger partial charge on any atom is -0.466 e. The molecule has 0 amide bonds. The maximum Gasteiger partial charge on any atom is 0.330 e. The van der Waals surface area contributed by atoms with Gasteiger partial charge in [-0.3, -0.25) is 0 Å². The van der Waals surface area contributed by atoms with Gasteiger partial charge >= 0.3 is 5.97 Å². The molecule has 2 heteroatoms. The predicted octanol–water partition coefficient (Wildman–Crippen LogP) is 3.36. The van der Waals surface area contributed by atoms with E-state index in [-0.39, 0.29) is 5.97 Å². The average molecular weight is 232 g/mol. The van der Waals surface area contributed by atoms with E-state index in [0.29, 0.717) is 0 Å². The summed E-state index contributed by atoms with van der Waals surface area (Å²) in [5, 5.41) is 0. The van der Waals surface area contributed by atoms with Crippen molar-refractivity contribution in [3.63, 3.8) is 0 Å². The lowest BCUT2D eigenvalue weighted by molar-refractivity contribution is -0.134. The van der Waals surface area contributed by atoms with Crippen LogP contribution in [0.1, 0.15) is 30.0 Å². The van der Waals surface area contributed by atoms with Crippen molar-refractivity contribution in [1.82, 2.24) is 0 Å². The van der Waals surface area contributed by atoms with E-state index >= 15 is 0 Å². The van der Waals surface area contributed by atoms with Crippen molar-refractivity contribution in [3.05, 3.63) is 46.5 Å². The number of hydrogen-bond acceptors (Lipinski definition) is 2. The molecule has 0 aliphatic rings. The van der Waals surface area contributed by atoms with E-state index in [9.17, 15) is 4.79 Å². The van der Waals surface area contributed by atoms with Crippen molar-refractivity contribution in [3.8, 4) is 0 Å². The smallest absolute Gasteiger partial charge is 0.330 e. The largest absolute Gasteiger partial charge is 0.466 e. The molecule has 0 unspecified atom stereocenters. The number of benzene rings is 1. The van der Waals surface area contributed by atoms with Crippen molar-refractivity contribution in [2.24, 2.45) is 0 Å². The Balaban J connectivity index is 2.68. The second-order valence-electron chi connectivity index (χ2n) is 4.38.